The molecule has 4 saturated heterocycles. The van der Waals surface area contributed by atoms with Crippen LogP contribution in [0.3, 0.4) is 0 Å². The first-order chi connectivity index (χ1) is 55.3. The number of hydrogen-bond acceptors (Lipinski definition) is 24. The van der Waals surface area contributed by atoms with Gasteiger partial charge in [0.2, 0.25) is 0 Å². The van der Waals surface area contributed by atoms with Crippen molar-refractivity contribution in [2.75, 3.05) is 181 Å². The molecule has 4 aliphatic heterocycles. The van der Waals surface area contributed by atoms with Gasteiger partial charge in [0.05, 0.1) is 93.8 Å². The Morgan fingerprint density at radius 1 is 0.333 bits per heavy atom. The van der Waals surface area contributed by atoms with Gasteiger partial charge in [0.1, 0.15) is 46.6 Å². The Morgan fingerprint density at radius 2 is 0.649 bits per heavy atom. The van der Waals surface area contributed by atoms with Crippen molar-refractivity contribution < 1.29 is 0 Å². The standard InChI is InChI=1S/C23H28N6.C23H30N6.2C22H28N6/c1-17-25-19(15-22(26-17)29-13-11-28(12-14-29)20-8-9-20)16-27(2)21-7-3-5-18-6-4-10-24-23(18)21;1-17-25-19(15-22(26-17)29-13-10-20(11-14-29)27(2)3)16-28(4)21-9-5-7-18-8-6-12-24-23(18)21;1-16-24-18(13-21(25-16)28-12-10-19(15-28)26(2)3)14-27(4)20-9-5-7-17-8-6-11-23-22(17)20;1-4-20-24-18(15-21(25-20)28-13-11-26(2)12-14-28)16-27(3)19-9-5-7-17-8-6-10-23-22(17)19/h3-7,10,15,20H,8-9,11-14,16H2,1-2H3;5-9,12,15,20H,10-11,13-14,16H2,1-4H3;5-9,11,13,19H,10,12,14-15H2,1-4H3;5-10,15H,4,11-14,16H2,1-3H3. The van der Waals surface area contributed by atoms with Crippen LogP contribution in [0, 0.1) is 20.8 Å². The quantitative estimate of drug-likeness (QED) is 0.0698. The molecule has 1 aliphatic carbocycles. The van der Waals surface area contributed by atoms with Gasteiger partial charge in [-0.05, 0) is 137 Å². The van der Waals surface area contributed by atoms with Gasteiger partial charge in [-0.2, -0.15) is 0 Å². The molecule has 0 bridgehead atoms. The molecule has 24 nitrogen and oxygen atoms in total. The number of benzene rings is 4. The van der Waals surface area contributed by atoms with E-state index >= 15 is 0 Å². The fourth-order valence-corrected chi connectivity index (χ4v) is 16.2. The first kappa shape index (κ1) is 79.7. The summed E-state index contributed by atoms with van der Waals surface area (Å²) in [6, 6.07) is 52.3. The van der Waals surface area contributed by atoms with E-state index in [9.17, 15) is 0 Å². The van der Waals surface area contributed by atoms with Crippen molar-refractivity contribution in [1.29, 1.82) is 0 Å². The summed E-state index contributed by atoms with van der Waals surface area (Å²) in [6.07, 6.45) is 14.5. The van der Waals surface area contributed by atoms with E-state index in [1.54, 1.807) is 0 Å². The van der Waals surface area contributed by atoms with Gasteiger partial charge in [-0.3, -0.25) is 24.8 Å². The molecule has 1 unspecified atom stereocenters. The number of piperazine rings is 2. The monoisotopic (exact) mass is 1530 g/mol. The number of pyridine rings is 4. The minimum Gasteiger partial charge on any atom is -0.367 e. The van der Waals surface area contributed by atoms with E-state index in [0.29, 0.717) is 12.1 Å². The minimum atomic E-state index is 0.586. The molecule has 8 aromatic heterocycles. The lowest BCUT2D eigenvalue weighted by Gasteiger charge is -2.36. The zero-order valence-corrected chi connectivity index (χ0v) is 69.2. The molecule has 5 aliphatic rings. The van der Waals surface area contributed by atoms with Gasteiger partial charge >= 0.3 is 0 Å². The van der Waals surface area contributed by atoms with E-state index in [4.69, 9.17) is 39.9 Å². The maximum Gasteiger partial charge on any atom is 0.132 e. The lowest BCUT2D eigenvalue weighted by atomic mass is 10.0. The average molecular weight is 1530 g/mol. The number of aromatic nitrogens is 12. The zero-order chi connectivity index (χ0) is 79.4. The van der Waals surface area contributed by atoms with Crippen molar-refractivity contribution in [2.45, 2.75) is 111 Å². The summed E-state index contributed by atoms with van der Waals surface area (Å²) < 4.78 is 0. The van der Waals surface area contributed by atoms with Crippen LogP contribution >= 0.6 is 0 Å². The van der Waals surface area contributed by atoms with E-state index in [0.717, 1.165) is 253 Å². The van der Waals surface area contributed by atoms with Gasteiger partial charge in [0.25, 0.3) is 0 Å². The van der Waals surface area contributed by atoms with Crippen molar-refractivity contribution in [3.63, 3.8) is 0 Å². The molecule has 0 amide bonds. The summed E-state index contributed by atoms with van der Waals surface area (Å²) in [6.45, 7) is 23.7. The summed E-state index contributed by atoms with van der Waals surface area (Å²) in [4.78, 5) is 84.3. The number of rotatable bonds is 20. The number of fused-ring (bicyclic) bond motifs is 4. The maximum absolute atomic E-state index is 4.80. The van der Waals surface area contributed by atoms with Gasteiger partial charge in [-0.15, -0.1) is 0 Å². The largest absolute Gasteiger partial charge is 0.367 e. The Kier molecular flexibility index (Phi) is 25.8. The highest BCUT2D eigenvalue weighted by atomic mass is 15.3. The van der Waals surface area contributed by atoms with E-state index in [1.165, 1.54) is 32.1 Å². The van der Waals surface area contributed by atoms with E-state index in [2.05, 4.69) is 270 Å². The van der Waals surface area contributed by atoms with Crippen LogP contribution in [0.5, 0.6) is 0 Å². The molecule has 12 heterocycles. The lowest BCUT2D eigenvalue weighted by Crippen LogP contribution is -2.47. The fourth-order valence-electron chi connectivity index (χ4n) is 16.2. The number of nitrogens with zero attached hydrogens (tertiary/aromatic N) is 24. The van der Waals surface area contributed by atoms with E-state index < -0.39 is 0 Å². The number of hydrogen-bond donors (Lipinski definition) is 0. The topological polar surface area (TPSA) is 194 Å². The Morgan fingerprint density at radius 3 is 1.00 bits per heavy atom. The van der Waals surface area contributed by atoms with Crippen LogP contribution < -0.4 is 39.2 Å². The highest BCUT2D eigenvalue weighted by Crippen LogP contribution is 2.33. The highest BCUT2D eigenvalue weighted by Gasteiger charge is 2.32. The molecule has 4 aromatic carbocycles. The molecule has 114 heavy (non-hydrogen) atoms. The van der Waals surface area contributed by atoms with Crippen LogP contribution in [0.25, 0.3) is 43.6 Å². The van der Waals surface area contributed by atoms with Crippen LogP contribution in [0.15, 0.2) is 170 Å². The summed E-state index contributed by atoms with van der Waals surface area (Å²) >= 11 is 0. The molecule has 17 rings (SSSR count). The second-order valence-electron chi connectivity index (χ2n) is 31.7. The van der Waals surface area contributed by atoms with Crippen molar-refractivity contribution in [1.82, 2.24) is 79.4 Å². The van der Waals surface area contributed by atoms with Gasteiger partial charge in [0.15, 0.2) is 0 Å². The molecular weight excluding hydrogens is 1420 g/mol. The Bertz CT molecular complexity index is 5010. The molecule has 12 aromatic rings. The fraction of sp³-hybridized carbons (Fsp3) is 0.422. The van der Waals surface area contributed by atoms with Crippen LogP contribution in [0.1, 0.15) is 85.1 Å². The summed E-state index contributed by atoms with van der Waals surface area (Å²) in [7, 11) is 19.2. The molecule has 0 spiro atoms. The number of anilines is 8. The minimum absolute atomic E-state index is 0.586. The first-order valence-corrected chi connectivity index (χ1v) is 40.7. The van der Waals surface area contributed by atoms with Gasteiger partial charge < -0.3 is 53.9 Å². The Hall–Kier alpha value is -10.9. The second kappa shape index (κ2) is 36.9. The van der Waals surface area contributed by atoms with Crippen LogP contribution in [0.2, 0.25) is 0 Å². The summed E-state index contributed by atoms with van der Waals surface area (Å²) in [5.41, 5.74) is 12.7. The molecule has 0 N–H and O–H groups in total. The normalized spacial score (nSPS) is 16.3. The number of likely N-dealkylation sites (N-methyl/N-ethyl adjacent to an activating group) is 2. The highest BCUT2D eigenvalue weighted by molar-refractivity contribution is 5.93. The molecule has 594 valence electrons. The van der Waals surface area contributed by atoms with Crippen molar-refractivity contribution in [2.24, 2.45) is 0 Å². The molecule has 24 heteroatoms. The third-order valence-electron chi connectivity index (χ3n) is 22.7. The van der Waals surface area contributed by atoms with E-state index in [-0.39, 0.29) is 0 Å². The third-order valence-corrected chi connectivity index (χ3v) is 22.7. The van der Waals surface area contributed by atoms with Crippen molar-refractivity contribution in [3.05, 3.63) is 216 Å². The molecule has 5 fully saturated rings. The van der Waals surface area contributed by atoms with Gasteiger partial charge in [0, 0.05) is 202 Å². The predicted octanol–water partition coefficient (Wildman–Crippen LogP) is 12.8. The van der Waals surface area contributed by atoms with Crippen molar-refractivity contribution >= 4 is 89.6 Å². The van der Waals surface area contributed by atoms with Crippen LogP contribution in [-0.4, -0.2) is 239 Å². The number of para-hydroxylation sites is 4. The molecular formula is C90H114N24. The number of aryl methyl sites for hydroxylation is 4. The summed E-state index contributed by atoms with van der Waals surface area (Å²) in [5, 5.41) is 4.62. The SMILES string of the molecule is CCc1nc(CN(C)c2cccc3cccnc23)cc(N2CCN(C)CC2)n1.Cc1nc(CN(C)c2cccc3cccnc23)cc(N2CCC(N(C)C)C2)n1.Cc1nc(CN(C)c2cccc3cccnc23)cc(N2CCC(N(C)C)CC2)n1.Cc1nc(CN(C)c2cccc3cccnc23)cc(N2CCN(C3CC3)CC2)n1. The summed E-state index contributed by atoms with van der Waals surface area (Å²) in [5.74, 6) is 7.61. The van der Waals surface area contributed by atoms with E-state index in [1.807, 2.05) is 69.8 Å². The maximum atomic E-state index is 4.80. The molecule has 1 atom stereocenters. The Balaban J connectivity index is 0.000000126. The third kappa shape index (κ3) is 20.0. The second-order valence-corrected chi connectivity index (χ2v) is 31.7. The molecule has 1 saturated carbocycles. The average Bonchev–Trinajstić information content (AvgIpc) is 0.856. The van der Waals surface area contributed by atoms with Crippen LogP contribution in [-0.2, 0) is 32.6 Å². The van der Waals surface area contributed by atoms with Gasteiger partial charge in [-0.1, -0.05) is 79.7 Å². The lowest BCUT2D eigenvalue weighted by molar-refractivity contribution is 0.247. The smallest absolute Gasteiger partial charge is 0.132 e. The van der Waals surface area contributed by atoms with Crippen molar-refractivity contribution in [3.8, 4) is 0 Å². The predicted molar refractivity (Wildman–Crippen MR) is 467 cm³/mol. The van der Waals surface area contributed by atoms with Gasteiger partial charge in [-0.25, -0.2) is 39.9 Å². The Labute approximate surface area is 673 Å². The molecule has 0 radical (unpaired) electrons. The number of piperidine rings is 1. The van der Waals surface area contributed by atoms with Crippen LogP contribution in [0.4, 0.5) is 46.0 Å². The zero-order valence-electron chi connectivity index (χ0n) is 69.2. The first-order valence-electron chi connectivity index (χ1n) is 40.7.